The lowest BCUT2D eigenvalue weighted by molar-refractivity contribution is 0.00548. The van der Waals surface area contributed by atoms with Gasteiger partial charge >= 0.3 is 6.09 Å². The number of hydrogen-bond donors (Lipinski definition) is 1. The Morgan fingerprint density at radius 1 is 1.30 bits per heavy atom. The van der Waals surface area contributed by atoms with Crippen molar-refractivity contribution in [2.75, 3.05) is 0 Å². The number of halogens is 1. The molecule has 7 heteroatoms. The molecule has 4 rings (SSSR count). The zero-order valence-corrected chi connectivity index (χ0v) is 16.9. The van der Waals surface area contributed by atoms with Crippen LogP contribution in [0.4, 0.5) is 4.79 Å². The number of nitrogens with zero attached hydrogens (tertiary/aromatic N) is 3. The van der Waals surface area contributed by atoms with E-state index >= 15 is 0 Å². The van der Waals surface area contributed by atoms with E-state index in [4.69, 9.17) is 16.3 Å². The number of alkyl halides is 1. The molecule has 0 aromatic carbocycles. The van der Waals surface area contributed by atoms with Gasteiger partial charge in [0.2, 0.25) is 0 Å². The Balaban J connectivity index is 1.46. The molecule has 2 saturated heterocycles. The van der Waals surface area contributed by atoms with Gasteiger partial charge in [-0.2, -0.15) is 0 Å². The molecular weight excluding hydrogens is 364 g/mol. The average Bonchev–Trinajstić information content (AvgIpc) is 2.85. The molecular formula is C20H27ClN4O2. The summed E-state index contributed by atoms with van der Waals surface area (Å²) in [6.07, 6.45) is 6.14. The van der Waals surface area contributed by atoms with E-state index in [1.165, 1.54) is 0 Å². The summed E-state index contributed by atoms with van der Waals surface area (Å²) in [6, 6.07) is 4.69. The van der Waals surface area contributed by atoms with Gasteiger partial charge in [0.25, 0.3) is 0 Å². The number of ether oxygens (including phenoxy) is 1. The molecule has 146 valence electrons. The van der Waals surface area contributed by atoms with Crippen LogP contribution in [0.15, 0.2) is 23.3 Å². The Morgan fingerprint density at radius 3 is 2.67 bits per heavy atom. The maximum Gasteiger partial charge on any atom is 0.410 e. The van der Waals surface area contributed by atoms with Crippen LogP contribution >= 0.6 is 11.6 Å². The minimum absolute atomic E-state index is 0.182. The minimum atomic E-state index is -0.464. The van der Waals surface area contributed by atoms with Gasteiger partial charge in [0.05, 0.1) is 5.69 Å². The van der Waals surface area contributed by atoms with Crippen molar-refractivity contribution in [3.63, 3.8) is 0 Å². The Labute approximate surface area is 165 Å². The van der Waals surface area contributed by atoms with Gasteiger partial charge in [-0.25, -0.2) is 9.79 Å². The van der Waals surface area contributed by atoms with Crippen molar-refractivity contribution >= 4 is 23.5 Å². The topological polar surface area (TPSA) is 66.8 Å². The van der Waals surface area contributed by atoms with E-state index in [0.29, 0.717) is 6.42 Å². The first-order chi connectivity index (χ1) is 12.8. The van der Waals surface area contributed by atoms with Gasteiger partial charge in [-0.15, -0.1) is 0 Å². The highest BCUT2D eigenvalue weighted by molar-refractivity contribution is 6.22. The number of carbonyl (C=O) groups is 1. The number of aliphatic imine (C=N–C) groups is 1. The summed E-state index contributed by atoms with van der Waals surface area (Å²) in [4.78, 5) is 23.6. The number of amides is 1. The van der Waals surface area contributed by atoms with Gasteiger partial charge in [-0.1, -0.05) is 11.6 Å². The van der Waals surface area contributed by atoms with E-state index in [0.717, 1.165) is 42.8 Å². The van der Waals surface area contributed by atoms with Crippen LogP contribution in [0.2, 0.25) is 0 Å². The van der Waals surface area contributed by atoms with Crippen LogP contribution in [0.1, 0.15) is 57.7 Å². The lowest BCUT2D eigenvalue weighted by Gasteiger charge is -2.40. The highest BCUT2D eigenvalue weighted by Gasteiger charge is 2.45. The van der Waals surface area contributed by atoms with Crippen LogP contribution in [0.25, 0.3) is 0 Å². The second kappa shape index (κ2) is 6.97. The molecule has 1 aromatic heterocycles. The molecule has 3 aliphatic rings. The summed E-state index contributed by atoms with van der Waals surface area (Å²) in [5.74, 6) is 0.833. The molecule has 0 spiro atoms. The highest BCUT2D eigenvalue weighted by atomic mass is 35.5. The Bertz CT molecular complexity index is 747. The normalized spacial score (nSPS) is 29.8. The number of hydrogen-bond acceptors (Lipinski definition) is 5. The molecule has 1 aromatic rings. The number of piperidine rings is 1. The van der Waals surface area contributed by atoms with Gasteiger partial charge in [-0.05, 0) is 58.6 Å². The third-order valence-corrected chi connectivity index (χ3v) is 5.71. The number of amidine groups is 1. The van der Waals surface area contributed by atoms with E-state index in [9.17, 15) is 4.79 Å². The van der Waals surface area contributed by atoms with Gasteiger partial charge < -0.3 is 15.0 Å². The third-order valence-electron chi connectivity index (χ3n) is 5.45. The standard InChI is InChI=1S/C20H27ClN4O2/c1-20(2,3)27-19(26)25-13-6-7-14(25)10-12(9-13)23-18-15-5-4-8-22-16(15)11-17(21)24-18/h4-5,8,12-14,17H,6-7,9-11H2,1-3H3,(H,23,24)/t12?,13-,14?,17?/m1/s1. The van der Waals surface area contributed by atoms with E-state index in [2.05, 4.69) is 15.3 Å². The molecule has 0 aliphatic carbocycles. The minimum Gasteiger partial charge on any atom is -0.444 e. The molecule has 27 heavy (non-hydrogen) atoms. The average molecular weight is 391 g/mol. The Hall–Kier alpha value is -1.82. The van der Waals surface area contributed by atoms with Gasteiger partial charge in [0, 0.05) is 36.3 Å². The van der Waals surface area contributed by atoms with Crippen LogP contribution in [0.3, 0.4) is 0 Å². The van der Waals surface area contributed by atoms with Crippen molar-refractivity contribution in [2.45, 2.75) is 82.1 Å². The van der Waals surface area contributed by atoms with E-state index in [-0.39, 0.29) is 29.7 Å². The number of pyridine rings is 1. The summed E-state index contributed by atoms with van der Waals surface area (Å²) < 4.78 is 5.62. The van der Waals surface area contributed by atoms with Crippen LogP contribution in [0, 0.1) is 0 Å². The van der Waals surface area contributed by atoms with Crippen LogP contribution in [-0.2, 0) is 11.2 Å². The van der Waals surface area contributed by atoms with Gasteiger partial charge in [0.15, 0.2) is 0 Å². The lowest BCUT2D eigenvalue weighted by atomic mass is 9.96. The number of rotatable bonds is 1. The second-order valence-electron chi connectivity index (χ2n) is 8.70. The van der Waals surface area contributed by atoms with E-state index in [1.807, 2.05) is 37.8 Å². The summed E-state index contributed by atoms with van der Waals surface area (Å²) in [5, 5.41) is 3.60. The molecule has 1 amide bonds. The van der Waals surface area contributed by atoms with Gasteiger partial charge in [-0.3, -0.25) is 4.98 Å². The molecule has 6 nitrogen and oxygen atoms in total. The summed E-state index contributed by atoms with van der Waals surface area (Å²) in [6.45, 7) is 5.74. The fourth-order valence-electron chi connectivity index (χ4n) is 4.45. The van der Waals surface area contributed by atoms with Crippen LogP contribution in [0.5, 0.6) is 0 Å². The number of nitrogens with one attached hydrogen (secondary N) is 1. The third kappa shape index (κ3) is 3.91. The first kappa shape index (κ1) is 18.5. The lowest BCUT2D eigenvalue weighted by Crippen LogP contribution is -2.53. The number of carbonyl (C=O) groups excluding carboxylic acids is 1. The summed E-state index contributed by atoms with van der Waals surface area (Å²) in [5.41, 5.74) is 1.28. The molecule has 0 radical (unpaired) electrons. The fourth-order valence-corrected chi connectivity index (χ4v) is 4.69. The zero-order chi connectivity index (χ0) is 19.2. The maximum absolute atomic E-state index is 12.6. The predicted octanol–water partition coefficient (Wildman–Crippen LogP) is 3.47. The fraction of sp³-hybridized carbons (Fsp3) is 0.650. The molecule has 4 atom stereocenters. The van der Waals surface area contributed by atoms with Crippen molar-refractivity contribution in [3.8, 4) is 0 Å². The van der Waals surface area contributed by atoms with Crippen molar-refractivity contribution < 1.29 is 9.53 Å². The first-order valence-corrected chi connectivity index (χ1v) is 10.2. The molecule has 4 heterocycles. The monoisotopic (exact) mass is 390 g/mol. The van der Waals surface area contributed by atoms with Gasteiger partial charge in [0.1, 0.15) is 16.9 Å². The number of aromatic nitrogens is 1. The van der Waals surface area contributed by atoms with Crippen LogP contribution < -0.4 is 5.32 Å². The van der Waals surface area contributed by atoms with Crippen molar-refractivity contribution in [3.05, 3.63) is 29.6 Å². The van der Waals surface area contributed by atoms with E-state index in [1.54, 1.807) is 6.20 Å². The largest absolute Gasteiger partial charge is 0.444 e. The smallest absolute Gasteiger partial charge is 0.410 e. The molecule has 3 aliphatic heterocycles. The first-order valence-electron chi connectivity index (χ1n) is 9.74. The summed E-state index contributed by atoms with van der Waals surface area (Å²) in [7, 11) is 0. The SMILES string of the molecule is CC(C)(C)OC(=O)N1C2CC[C@@H]1CC(NC1=NC(Cl)Cc3ncccc31)C2. The van der Waals surface area contributed by atoms with Crippen molar-refractivity contribution in [2.24, 2.45) is 4.99 Å². The molecule has 2 fully saturated rings. The Morgan fingerprint density at radius 2 is 2.00 bits per heavy atom. The van der Waals surface area contributed by atoms with E-state index < -0.39 is 5.60 Å². The Kier molecular flexibility index (Phi) is 4.78. The number of fused-ring (bicyclic) bond motifs is 3. The summed E-state index contributed by atoms with van der Waals surface area (Å²) >= 11 is 6.32. The highest BCUT2D eigenvalue weighted by Crippen LogP contribution is 2.37. The molecule has 2 bridgehead atoms. The molecule has 3 unspecified atom stereocenters. The van der Waals surface area contributed by atoms with Crippen molar-refractivity contribution in [1.82, 2.24) is 15.2 Å². The molecule has 0 saturated carbocycles. The zero-order valence-electron chi connectivity index (χ0n) is 16.1. The second-order valence-corrected chi connectivity index (χ2v) is 9.20. The maximum atomic E-state index is 12.6. The predicted molar refractivity (Wildman–Crippen MR) is 105 cm³/mol. The van der Waals surface area contributed by atoms with Crippen molar-refractivity contribution in [1.29, 1.82) is 0 Å². The van der Waals surface area contributed by atoms with Crippen LogP contribution in [-0.4, -0.2) is 51.0 Å². The molecule has 1 N–H and O–H groups in total. The quantitative estimate of drug-likeness (QED) is 0.589.